The van der Waals surface area contributed by atoms with Gasteiger partial charge in [0, 0.05) is 18.4 Å². The molecule has 100 valence electrons. The lowest BCUT2D eigenvalue weighted by atomic mass is 10.0. The maximum Gasteiger partial charge on any atom is 0.108 e. The van der Waals surface area contributed by atoms with E-state index in [0.29, 0.717) is 0 Å². The van der Waals surface area contributed by atoms with E-state index in [0.717, 1.165) is 37.1 Å². The second kappa shape index (κ2) is 5.55. The first-order chi connectivity index (χ1) is 9.34. The molecule has 2 heterocycles. The number of hydrogen-bond acceptors (Lipinski definition) is 3. The highest BCUT2D eigenvalue weighted by atomic mass is 16.5. The van der Waals surface area contributed by atoms with Gasteiger partial charge < -0.3 is 9.84 Å². The highest BCUT2D eigenvalue weighted by molar-refractivity contribution is 5.31. The normalized spacial score (nSPS) is 21.2. The van der Waals surface area contributed by atoms with Crippen molar-refractivity contribution in [3.63, 3.8) is 0 Å². The first-order valence-corrected chi connectivity index (χ1v) is 6.74. The zero-order chi connectivity index (χ0) is 13.1. The van der Waals surface area contributed by atoms with Gasteiger partial charge in [0.1, 0.15) is 6.10 Å². The highest BCUT2D eigenvalue weighted by Gasteiger charge is 2.25. The minimum absolute atomic E-state index is 0.0952. The van der Waals surface area contributed by atoms with E-state index >= 15 is 0 Å². The summed E-state index contributed by atoms with van der Waals surface area (Å²) in [5.74, 6) is 0. The van der Waals surface area contributed by atoms with E-state index in [4.69, 9.17) is 4.74 Å². The van der Waals surface area contributed by atoms with E-state index in [1.54, 1.807) is 10.9 Å². The van der Waals surface area contributed by atoms with E-state index in [2.05, 4.69) is 5.10 Å². The maximum absolute atomic E-state index is 10.3. The third-order valence-corrected chi connectivity index (χ3v) is 3.53. The molecule has 2 unspecified atom stereocenters. The van der Waals surface area contributed by atoms with E-state index in [-0.39, 0.29) is 6.10 Å². The number of hydrogen-bond donors (Lipinski definition) is 1. The Bertz CT molecular complexity index is 518. The summed E-state index contributed by atoms with van der Waals surface area (Å²) >= 11 is 0. The molecule has 4 nitrogen and oxygen atoms in total. The Morgan fingerprint density at radius 2 is 2.11 bits per heavy atom. The quantitative estimate of drug-likeness (QED) is 0.920. The van der Waals surface area contributed by atoms with E-state index < -0.39 is 6.10 Å². The number of ether oxygens (including phenoxy) is 1. The summed E-state index contributed by atoms with van der Waals surface area (Å²) in [6.07, 6.45) is 6.03. The van der Waals surface area contributed by atoms with Gasteiger partial charge >= 0.3 is 0 Å². The van der Waals surface area contributed by atoms with Crippen LogP contribution in [0.1, 0.15) is 30.9 Å². The van der Waals surface area contributed by atoms with Crippen LogP contribution < -0.4 is 0 Å². The lowest BCUT2D eigenvalue weighted by molar-refractivity contribution is -0.0633. The van der Waals surface area contributed by atoms with Crippen LogP contribution in [-0.2, 0) is 4.74 Å². The number of rotatable bonds is 3. The van der Waals surface area contributed by atoms with Crippen LogP contribution in [0.4, 0.5) is 0 Å². The largest absolute Gasteiger partial charge is 0.386 e. The highest BCUT2D eigenvalue weighted by Crippen LogP contribution is 2.26. The van der Waals surface area contributed by atoms with Crippen molar-refractivity contribution in [1.29, 1.82) is 0 Å². The second-order valence-corrected chi connectivity index (χ2v) is 4.90. The minimum Gasteiger partial charge on any atom is -0.386 e. The lowest BCUT2D eigenvalue weighted by Crippen LogP contribution is -2.26. The topological polar surface area (TPSA) is 47.3 Å². The Balaban J connectivity index is 1.77. The van der Waals surface area contributed by atoms with Gasteiger partial charge in [-0.25, -0.2) is 4.68 Å². The number of aliphatic hydroxyl groups excluding tert-OH is 1. The molecule has 0 saturated carbocycles. The first-order valence-electron chi connectivity index (χ1n) is 6.74. The van der Waals surface area contributed by atoms with E-state index in [9.17, 15) is 5.11 Å². The average molecular weight is 258 g/mol. The molecule has 0 amide bonds. The van der Waals surface area contributed by atoms with Gasteiger partial charge in [-0.15, -0.1) is 0 Å². The Kier molecular flexibility index (Phi) is 3.62. The SMILES string of the molecule is OC(c1cnn(-c2ccccc2)c1)C1CCCCO1. The molecule has 1 aromatic carbocycles. The molecule has 4 heteroatoms. The molecular weight excluding hydrogens is 240 g/mol. The van der Waals surface area contributed by atoms with Gasteiger partial charge in [-0.2, -0.15) is 5.10 Å². The molecule has 0 bridgehead atoms. The van der Waals surface area contributed by atoms with Crippen molar-refractivity contribution in [3.05, 3.63) is 48.3 Å². The molecule has 1 aliphatic rings. The fourth-order valence-corrected chi connectivity index (χ4v) is 2.44. The Hall–Kier alpha value is -1.65. The zero-order valence-electron chi connectivity index (χ0n) is 10.8. The molecule has 0 aliphatic carbocycles. The van der Waals surface area contributed by atoms with Crippen LogP contribution in [0.25, 0.3) is 5.69 Å². The fraction of sp³-hybridized carbons (Fsp3) is 0.400. The second-order valence-electron chi connectivity index (χ2n) is 4.90. The van der Waals surface area contributed by atoms with Crippen LogP contribution in [-0.4, -0.2) is 27.6 Å². The third-order valence-electron chi connectivity index (χ3n) is 3.53. The summed E-state index contributed by atoms with van der Waals surface area (Å²) in [4.78, 5) is 0. The molecule has 0 spiro atoms. The fourth-order valence-electron chi connectivity index (χ4n) is 2.44. The van der Waals surface area contributed by atoms with Crippen molar-refractivity contribution in [3.8, 4) is 5.69 Å². The predicted molar refractivity (Wildman–Crippen MR) is 72.1 cm³/mol. The maximum atomic E-state index is 10.3. The molecule has 1 fully saturated rings. The minimum atomic E-state index is -0.585. The zero-order valence-corrected chi connectivity index (χ0v) is 10.8. The summed E-state index contributed by atoms with van der Waals surface area (Å²) in [5.41, 5.74) is 1.81. The number of para-hydroxylation sites is 1. The summed E-state index contributed by atoms with van der Waals surface area (Å²) in [7, 11) is 0. The Morgan fingerprint density at radius 3 is 2.84 bits per heavy atom. The summed E-state index contributed by atoms with van der Waals surface area (Å²) < 4.78 is 7.40. The predicted octanol–water partition coefficient (Wildman–Crippen LogP) is 2.47. The molecule has 0 radical (unpaired) electrons. The number of aromatic nitrogens is 2. The van der Waals surface area contributed by atoms with Gasteiger partial charge in [-0.3, -0.25) is 0 Å². The molecule has 1 aromatic heterocycles. The molecule has 1 saturated heterocycles. The Labute approximate surface area is 112 Å². The monoisotopic (exact) mass is 258 g/mol. The van der Waals surface area contributed by atoms with E-state index in [1.807, 2.05) is 36.5 Å². The van der Waals surface area contributed by atoms with Crippen molar-refractivity contribution in [2.75, 3.05) is 6.61 Å². The molecule has 1 aliphatic heterocycles. The average Bonchev–Trinajstić information content (AvgIpc) is 2.98. The molecule has 2 aromatic rings. The lowest BCUT2D eigenvalue weighted by Gasteiger charge is -2.26. The van der Waals surface area contributed by atoms with Crippen LogP contribution in [0.3, 0.4) is 0 Å². The molecular formula is C15H18N2O2. The van der Waals surface area contributed by atoms with Crippen molar-refractivity contribution in [1.82, 2.24) is 9.78 Å². The van der Waals surface area contributed by atoms with E-state index in [1.165, 1.54) is 0 Å². The molecule has 19 heavy (non-hydrogen) atoms. The van der Waals surface area contributed by atoms with Crippen LogP contribution >= 0.6 is 0 Å². The van der Waals surface area contributed by atoms with Crippen LogP contribution in [0.5, 0.6) is 0 Å². The van der Waals surface area contributed by atoms with Crippen LogP contribution in [0, 0.1) is 0 Å². The van der Waals surface area contributed by atoms with Gasteiger partial charge in [0.05, 0.1) is 18.0 Å². The van der Waals surface area contributed by atoms with Crippen LogP contribution in [0.15, 0.2) is 42.7 Å². The first kappa shape index (κ1) is 12.4. The molecule has 1 N–H and O–H groups in total. The number of nitrogens with zero attached hydrogens (tertiary/aromatic N) is 2. The van der Waals surface area contributed by atoms with Crippen molar-refractivity contribution >= 4 is 0 Å². The summed E-state index contributed by atoms with van der Waals surface area (Å²) in [6, 6.07) is 9.88. The standard InChI is InChI=1S/C15H18N2O2/c18-15(14-8-4-5-9-19-14)12-10-16-17(11-12)13-6-2-1-3-7-13/h1-3,6-7,10-11,14-15,18H,4-5,8-9H2. The Morgan fingerprint density at radius 1 is 1.26 bits per heavy atom. The van der Waals surface area contributed by atoms with Crippen molar-refractivity contribution in [2.45, 2.75) is 31.5 Å². The number of benzene rings is 1. The van der Waals surface area contributed by atoms with Crippen LogP contribution in [0.2, 0.25) is 0 Å². The van der Waals surface area contributed by atoms with Crippen molar-refractivity contribution < 1.29 is 9.84 Å². The third kappa shape index (κ3) is 2.69. The smallest absolute Gasteiger partial charge is 0.108 e. The van der Waals surface area contributed by atoms with Gasteiger partial charge in [0.15, 0.2) is 0 Å². The van der Waals surface area contributed by atoms with Gasteiger partial charge in [0.2, 0.25) is 0 Å². The van der Waals surface area contributed by atoms with Gasteiger partial charge in [-0.1, -0.05) is 18.2 Å². The van der Waals surface area contributed by atoms with Crippen molar-refractivity contribution in [2.24, 2.45) is 0 Å². The summed E-state index contributed by atoms with van der Waals surface area (Å²) in [5, 5.41) is 14.6. The summed E-state index contributed by atoms with van der Waals surface area (Å²) in [6.45, 7) is 0.745. The molecule has 3 rings (SSSR count). The van der Waals surface area contributed by atoms with Gasteiger partial charge in [0.25, 0.3) is 0 Å². The number of aliphatic hydroxyl groups is 1. The van der Waals surface area contributed by atoms with Gasteiger partial charge in [-0.05, 0) is 31.4 Å². The molecule has 2 atom stereocenters.